The number of aryl methyl sites for hydroxylation is 1. The van der Waals surface area contributed by atoms with Gasteiger partial charge in [-0.1, -0.05) is 36.8 Å². The van der Waals surface area contributed by atoms with E-state index in [1.54, 1.807) is 43.3 Å². The second-order valence-corrected chi connectivity index (χ2v) is 6.51. The van der Waals surface area contributed by atoms with Crippen LogP contribution in [0, 0.1) is 6.92 Å². The van der Waals surface area contributed by atoms with Crippen molar-refractivity contribution in [2.24, 2.45) is 0 Å². The lowest BCUT2D eigenvalue weighted by Crippen LogP contribution is -2.49. The highest BCUT2D eigenvalue weighted by Crippen LogP contribution is 2.18. The number of hydrogen-bond acceptors (Lipinski definition) is 4. The first kappa shape index (κ1) is 21.3. The molecule has 6 heteroatoms. The minimum Gasteiger partial charge on any atom is -0.497 e. The Hall–Kier alpha value is -3.02. The molecule has 150 valence electrons. The Balaban J connectivity index is 2.14. The van der Waals surface area contributed by atoms with Crippen LogP contribution in [0.2, 0.25) is 0 Å². The first-order valence-corrected chi connectivity index (χ1v) is 9.32. The van der Waals surface area contributed by atoms with E-state index < -0.39 is 6.04 Å². The van der Waals surface area contributed by atoms with Crippen molar-refractivity contribution in [3.63, 3.8) is 0 Å². The zero-order valence-electron chi connectivity index (χ0n) is 16.9. The summed E-state index contributed by atoms with van der Waals surface area (Å²) in [7, 11) is 3.17. The molecule has 0 aliphatic carbocycles. The smallest absolute Gasteiger partial charge is 0.261 e. The summed E-state index contributed by atoms with van der Waals surface area (Å²) in [5.74, 6) is 0.849. The van der Waals surface area contributed by atoms with Gasteiger partial charge < -0.3 is 19.7 Å². The molecule has 0 aliphatic heterocycles. The fourth-order valence-corrected chi connectivity index (χ4v) is 2.88. The SMILES string of the molecule is CCC(C(=O)NC)N(Cc1ccc(C)cc1)C(=O)COc1ccc(OC)cc1. The molecule has 0 bridgehead atoms. The standard InChI is InChI=1S/C22H28N2O4/c1-5-20(22(26)23-3)24(14-17-8-6-16(2)7-9-17)21(25)15-28-19-12-10-18(27-4)11-13-19/h6-13,20H,5,14-15H2,1-4H3,(H,23,26). The molecule has 2 amide bonds. The van der Waals surface area contributed by atoms with Gasteiger partial charge in [-0.3, -0.25) is 9.59 Å². The first-order chi connectivity index (χ1) is 13.5. The van der Waals surface area contributed by atoms with Crippen molar-refractivity contribution < 1.29 is 19.1 Å². The zero-order valence-corrected chi connectivity index (χ0v) is 16.9. The molecule has 1 atom stereocenters. The van der Waals surface area contributed by atoms with E-state index in [1.165, 1.54) is 0 Å². The minimum atomic E-state index is -0.557. The predicted molar refractivity (Wildman–Crippen MR) is 108 cm³/mol. The topological polar surface area (TPSA) is 67.9 Å². The third-order valence-electron chi connectivity index (χ3n) is 4.53. The Bertz CT molecular complexity index is 772. The van der Waals surface area contributed by atoms with Crippen LogP contribution in [-0.4, -0.2) is 43.5 Å². The van der Waals surface area contributed by atoms with Gasteiger partial charge in [-0.15, -0.1) is 0 Å². The van der Waals surface area contributed by atoms with Gasteiger partial charge in [0.05, 0.1) is 7.11 Å². The number of likely N-dealkylation sites (N-methyl/N-ethyl adjacent to an activating group) is 1. The van der Waals surface area contributed by atoms with E-state index in [0.717, 1.165) is 11.1 Å². The van der Waals surface area contributed by atoms with Gasteiger partial charge in [-0.05, 0) is 43.2 Å². The summed E-state index contributed by atoms with van der Waals surface area (Å²) in [6.45, 7) is 4.09. The lowest BCUT2D eigenvalue weighted by Gasteiger charge is -2.30. The second kappa shape index (κ2) is 10.3. The number of amides is 2. The Labute approximate surface area is 166 Å². The Morgan fingerprint density at radius 2 is 1.64 bits per heavy atom. The van der Waals surface area contributed by atoms with Gasteiger partial charge in [0.2, 0.25) is 5.91 Å². The molecular weight excluding hydrogens is 356 g/mol. The average molecular weight is 384 g/mol. The van der Waals surface area contributed by atoms with Crippen LogP contribution >= 0.6 is 0 Å². The van der Waals surface area contributed by atoms with Crippen LogP contribution in [0.5, 0.6) is 11.5 Å². The summed E-state index contributed by atoms with van der Waals surface area (Å²) in [5, 5.41) is 2.65. The van der Waals surface area contributed by atoms with E-state index in [4.69, 9.17) is 9.47 Å². The molecular formula is C22H28N2O4. The number of benzene rings is 2. The highest BCUT2D eigenvalue weighted by molar-refractivity contribution is 5.88. The van der Waals surface area contributed by atoms with Crippen LogP contribution in [0.4, 0.5) is 0 Å². The molecule has 0 aliphatic rings. The number of ether oxygens (including phenoxy) is 2. The average Bonchev–Trinajstić information content (AvgIpc) is 2.73. The van der Waals surface area contributed by atoms with Crippen molar-refractivity contribution in [1.82, 2.24) is 10.2 Å². The summed E-state index contributed by atoms with van der Waals surface area (Å²) in [6, 6.07) is 14.4. The zero-order chi connectivity index (χ0) is 20.5. The molecule has 0 saturated heterocycles. The van der Waals surface area contributed by atoms with Crippen molar-refractivity contribution in [1.29, 1.82) is 0 Å². The highest BCUT2D eigenvalue weighted by Gasteiger charge is 2.28. The molecule has 0 aromatic heterocycles. The quantitative estimate of drug-likeness (QED) is 0.722. The normalized spacial score (nSPS) is 11.4. The van der Waals surface area contributed by atoms with Gasteiger partial charge in [0.15, 0.2) is 6.61 Å². The largest absolute Gasteiger partial charge is 0.497 e. The van der Waals surface area contributed by atoms with E-state index in [9.17, 15) is 9.59 Å². The number of nitrogens with zero attached hydrogens (tertiary/aromatic N) is 1. The molecule has 2 aromatic carbocycles. The maximum atomic E-state index is 12.9. The fourth-order valence-electron chi connectivity index (χ4n) is 2.88. The van der Waals surface area contributed by atoms with Crippen molar-refractivity contribution in [2.45, 2.75) is 32.9 Å². The lowest BCUT2D eigenvalue weighted by molar-refractivity contribution is -0.142. The molecule has 0 radical (unpaired) electrons. The molecule has 1 unspecified atom stereocenters. The van der Waals surface area contributed by atoms with E-state index in [2.05, 4.69) is 5.32 Å². The van der Waals surface area contributed by atoms with E-state index in [-0.39, 0.29) is 18.4 Å². The first-order valence-electron chi connectivity index (χ1n) is 9.32. The van der Waals surface area contributed by atoms with E-state index >= 15 is 0 Å². The summed E-state index contributed by atoms with van der Waals surface area (Å²) >= 11 is 0. The van der Waals surface area contributed by atoms with Crippen molar-refractivity contribution in [3.05, 3.63) is 59.7 Å². The molecule has 6 nitrogen and oxygen atoms in total. The minimum absolute atomic E-state index is 0.147. The van der Waals surface area contributed by atoms with Gasteiger partial charge in [-0.2, -0.15) is 0 Å². The summed E-state index contributed by atoms with van der Waals surface area (Å²) in [4.78, 5) is 26.8. The number of carbonyl (C=O) groups is 2. The number of rotatable bonds is 9. The van der Waals surface area contributed by atoms with Crippen molar-refractivity contribution in [3.8, 4) is 11.5 Å². The highest BCUT2D eigenvalue weighted by atomic mass is 16.5. The van der Waals surface area contributed by atoms with Gasteiger partial charge >= 0.3 is 0 Å². The van der Waals surface area contributed by atoms with Crippen LogP contribution in [-0.2, 0) is 16.1 Å². The predicted octanol–water partition coefficient (Wildman–Crippen LogP) is 2.94. The molecule has 0 heterocycles. The Morgan fingerprint density at radius 1 is 1.04 bits per heavy atom. The van der Waals surface area contributed by atoms with Crippen LogP contribution in [0.15, 0.2) is 48.5 Å². The second-order valence-electron chi connectivity index (χ2n) is 6.51. The van der Waals surface area contributed by atoms with Crippen LogP contribution < -0.4 is 14.8 Å². The molecule has 0 saturated carbocycles. The summed E-state index contributed by atoms with van der Waals surface area (Å²) in [5.41, 5.74) is 2.11. The van der Waals surface area contributed by atoms with E-state index in [0.29, 0.717) is 24.5 Å². The number of hydrogen-bond donors (Lipinski definition) is 1. The molecule has 0 spiro atoms. The Morgan fingerprint density at radius 3 is 2.18 bits per heavy atom. The maximum absolute atomic E-state index is 12.9. The van der Waals surface area contributed by atoms with Crippen molar-refractivity contribution >= 4 is 11.8 Å². The fraction of sp³-hybridized carbons (Fsp3) is 0.364. The molecule has 0 fully saturated rings. The third kappa shape index (κ3) is 5.74. The lowest BCUT2D eigenvalue weighted by atomic mass is 10.1. The maximum Gasteiger partial charge on any atom is 0.261 e. The molecule has 2 rings (SSSR count). The Kier molecular flexibility index (Phi) is 7.87. The monoisotopic (exact) mass is 384 g/mol. The van der Waals surface area contributed by atoms with Crippen LogP contribution in [0.25, 0.3) is 0 Å². The number of carbonyl (C=O) groups excluding carboxylic acids is 2. The number of nitrogens with one attached hydrogen (secondary N) is 1. The van der Waals surface area contributed by atoms with Crippen LogP contribution in [0.3, 0.4) is 0 Å². The van der Waals surface area contributed by atoms with Gasteiger partial charge in [0.1, 0.15) is 17.5 Å². The summed E-state index contributed by atoms with van der Waals surface area (Å²) in [6.07, 6.45) is 0.514. The molecule has 2 aromatic rings. The number of methoxy groups -OCH3 is 1. The summed E-state index contributed by atoms with van der Waals surface area (Å²) < 4.78 is 10.8. The van der Waals surface area contributed by atoms with E-state index in [1.807, 2.05) is 38.1 Å². The van der Waals surface area contributed by atoms with Crippen LogP contribution in [0.1, 0.15) is 24.5 Å². The van der Waals surface area contributed by atoms with Crippen molar-refractivity contribution in [2.75, 3.05) is 20.8 Å². The van der Waals surface area contributed by atoms with Gasteiger partial charge in [0, 0.05) is 13.6 Å². The third-order valence-corrected chi connectivity index (χ3v) is 4.53. The van der Waals surface area contributed by atoms with Gasteiger partial charge in [0.25, 0.3) is 5.91 Å². The molecule has 28 heavy (non-hydrogen) atoms. The molecule has 1 N–H and O–H groups in total. The van der Waals surface area contributed by atoms with Gasteiger partial charge in [-0.25, -0.2) is 0 Å².